The topological polar surface area (TPSA) is 123 Å². The number of fused-ring (bicyclic) bond motifs is 1. The first-order valence-corrected chi connectivity index (χ1v) is 12.5. The summed E-state index contributed by atoms with van der Waals surface area (Å²) < 4.78 is 20.7. The van der Waals surface area contributed by atoms with Gasteiger partial charge >= 0.3 is 0 Å². The fourth-order valence-electron chi connectivity index (χ4n) is 4.15. The van der Waals surface area contributed by atoms with Gasteiger partial charge in [0.2, 0.25) is 0 Å². The molecule has 0 spiro atoms. The van der Waals surface area contributed by atoms with Gasteiger partial charge in [-0.25, -0.2) is 14.4 Å². The molecule has 0 aromatic carbocycles. The van der Waals surface area contributed by atoms with Crippen LogP contribution in [0.5, 0.6) is 0 Å². The number of hydrogen-bond donors (Lipinski definition) is 1. The van der Waals surface area contributed by atoms with Crippen molar-refractivity contribution in [2.45, 2.75) is 19.5 Å². The van der Waals surface area contributed by atoms with Crippen LogP contribution in [0.4, 0.5) is 16.0 Å². The summed E-state index contributed by atoms with van der Waals surface area (Å²) in [4.78, 5) is 30.1. The maximum absolute atomic E-state index is 14.7. The molecule has 0 radical (unpaired) electrons. The lowest BCUT2D eigenvalue weighted by molar-refractivity contribution is 0.0663. The second-order valence-electron chi connectivity index (χ2n) is 8.59. The Bertz CT molecular complexity index is 1430. The molecule has 190 valence electrons. The third-order valence-corrected chi connectivity index (χ3v) is 6.81. The minimum absolute atomic E-state index is 0.0914. The fourth-order valence-corrected chi connectivity index (χ4v) is 4.48. The molecule has 0 unspecified atom stereocenters. The molecule has 12 heteroatoms. The van der Waals surface area contributed by atoms with Crippen LogP contribution in [0.2, 0.25) is 0 Å². The Morgan fingerprint density at radius 3 is 2.76 bits per heavy atom. The van der Waals surface area contributed by atoms with Gasteiger partial charge < -0.3 is 20.3 Å². The zero-order valence-electron chi connectivity index (χ0n) is 20.0. The van der Waals surface area contributed by atoms with Crippen LogP contribution in [0.3, 0.4) is 0 Å². The van der Waals surface area contributed by atoms with Gasteiger partial charge in [-0.15, -0.1) is 5.10 Å². The Kier molecular flexibility index (Phi) is 7.19. The van der Waals surface area contributed by atoms with Gasteiger partial charge in [0, 0.05) is 30.9 Å². The van der Waals surface area contributed by atoms with Gasteiger partial charge in [-0.05, 0) is 59.3 Å². The molecule has 1 aliphatic rings. The molecule has 1 saturated heterocycles. The van der Waals surface area contributed by atoms with Crippen LogP contribution in [-0.4, -0.2) is 62.3 Å². The van der Waals surface area contributed by atoms with Crippen LogP contribution in [0.1, 0.15) is 34.7 Å². The molecule has 4 aromatic heterocycles. The van der Waals surface area contributed by atoms with E-state index < -0.39 is 11.9 Å². The van der Waals surface area contributed by atoms with Crippen LogP contribution < -0.4 is 10.6 Å². The number of nitrogens with two attached hydrogens (primary N) is 1. The first kappa shape index (κ1) is 24.9. The molecule has 5 heterocycles. The number of anilines is 2. The zero-order valence-corrected chi connectivity index (χ0v) is 21.6. The monoisotopic (exact) mass is 566 g/mol. The molecular formula is C25H24BrFN8O2. The van der Waals surface area contributed by atoms with Crippen molar-refractivity contribution in [3.63, 3.8) is 0 Å². The molecule has 37 heavy (non-hydrogen) atoms. The van der Waals surface area contributed by atoms with E-state index in [9.17, 15) is 9.18 Å². The number of aromatic nitrogens is 5. The van der Waals surface area contributed by atoms with Crippen molar-refractivity contribution >= 4 is 44.5 Å². The molecule has 4 aromatic rings. The molecule has 2 N–H and O–H groups in total. The van der Waals surface area contributed by atoms with Crippen molar-refractivity contribution in [2.24, 2.45) is 0 Å². The average Bonchev–Trinajstić information content (AvgIpc) is 2.92. The number of carbonyl (C=O) groups excluding carboxylic acids is 1. The van der Waals surface area contributed by atoms with Crippen LogP contribution in [0.15, 0.2) is 53.3 Å². The third-order valence-electron chi connectivity index (χ3n) is 6.18. The number of nitrogen functional groups attached to an aromatic ring is 1. The second-order valence-corrected chi connectivity index (χ2v) is 9.44. The summed E-state index contributed by atoms with van der Waals surface area (Å²) in [5, 5.41) is 9.34. The molecule has 5 rings (SSSR count). The van der Waals surface area contributed by atoms with Crippen molar-refractivity contribution in [3.05, 3.63) is 76.0 Å². The first-order valence-electron chi connectivity index (χ1n) is 11.7. The number of hydrogen-bond acceptors (Lipinski definition) is 9. The summed E-state index contributed by atoms with van der Waals surface area (Å²) in [5.41, 5.74) is 7.29. The van der Waals surface area contributed by atoms with E-state index in [-0.39, 0.29) is 18.1 Å². The number of morpholine rings is 1. The molecule has 0 bridgehead atoms. The normalized spacial score (nSPS) is 14.5. The Balaban J connectivity index is 1.47. The minimum atomic E-state index is -0.693. The lowest BCUT2D eigenvalue weighted by Gasteiger charge is -2.29. The predicted octanol–water partition coefficient (Wildman–Crippen LogP) is 3.54. The number of carbonyl (C=O) groups is 1. The van der Waals surface area contributed by atoms with Gasteiger partial charge in [-0.1, -0.05) is 0 Å². The van der Waals surface area contributed by atoms with Crippen LogP contribution in [-0.2, 0) is 11.3 Å². The summed E-state index contributed by atoms with van der Waals surface area (Å²) in [7, 11) is 0. The van der Waals surface area contributed by atoms with Crippen molar-refractivity contribution in [1.82, 2.24) is 30.0 Å². The van der Waals surface area contributed by atoms with Crippen LogP contribution in [0.25, 0.3) is 11.0 Å². The summed E-state index contributed by atoms with van der Waals surface area (Å²) >= 11 is 3.36. The van der Waals surface area contributed by atoms with Crippen LogP contribution >= 0.6 is 15.9 Å². The molecule has 10 nitrogen and oxygen atoms in total. The van der Waals surface area contributed by atoms with E-state index in [1.807, 2.05) is 12.1 Å². The predicted molar refractivity (Wildman–Crippen MR) is 139 cm³/mol. The number of nitrogens with zero attached hydrogens (tertiary/aromatic N) is 7. The van der Waals surface area contributed by atoms with Crippen molar-refractivity contribution in [2.75, 3.05) is 36.9 Å². The molecule has 1 atom stereocenters. The van der Waals surface area contributed by atoms with Crippen LogP contribution in [0, 0.1) is 5.82 Å². The zero-order chi connectivity index (χ0) is 25.9. The summed E-state index contributed by atoms with van der Waals surface area (Å²) in [6.07, 6.45) is 2.94. The van der Waals surface area contributed by atoms with Crippen molar-refractivity contribution < 1.29 is 13.9 Å². The molecule has 1 aliphatic heterocycles. The second kappa shape index (κ2) is 10.7. The molecule has 1 amide bonds. The Labute approximate surface area is 220 Å². The summed E-state index contributed by atoms with van der Waals surface area (Å²) in [6, 6.07) is 9.27. The number of ether oxygens (including phenoxy) is 1. The van der Waals surface area contributed by atoms with E-state index in [1.54, 1.807) is 19.1 Å². The van der Waals surface area contributed by atoms with Gasteiger partial charge in [0.15, 0.2) is 11.5 Å². The van der Waals surface area contributed by atoms with E-state index in [0.717, 1.165) is 18.9 Å². The molecule has 0 saturated carbocycles. The van der Waals surface area contributed by atoms with E-state index in [0.29, 0.717) is 45.8 Å². The van der Waals surface area contributed by atoms with E-state index >= 15 is 0 Å². The van der Waals surface area contributed by atoms with Gasteiger partial charge in [-0.3, -0.25) is 9.78 Å². The largest absolute Gasteiger partial charge is 0.383 e. The fraction of sp³-hybridized carbons (Fsp3) is 0.280. The smallest absolute Gasteiger partial charge is 0.256 e. The highest BCUT2D eigenvalue weighted by molar-refractivity contribution is 9.10. The van der Waals surface area contributed by atoms with E-state index in [2.05, 4.69) is 46.0 Å². The highest BCUT2D eigenvalue weighted by Gasteiger charge is 2.27. The summed E-state index contributed by atoms with van der Waals surface area (Å²) in [6.45, 7) is 4.56. The maximum atomic E-state index is 14.7. The average molecular weight is 567 g/mol. The highest BCUT2D eigenvalue weighted by atomic mass is 79.9. The lowest BCUT2D eigenvalue weighted by Crippen LogP contribution is -2.37. The third kappa shape index (κ3) is 5.35. The highest BCUT2D eigenvalue weighted by Crippen LogP contribution is 2.27. The van der Waals surface area contributed by atoms with Crippen molar-refractivity contribution in [3.8, 4) is 0 Å². The number of halogens is 2. The summed E-state index contributed by atoms with van der Waals surface area (Å²) in [5.74, 6) is 0.185. The van der Waals surface area contributed by atoms with Gasteiger partial charge in [0.05, 0.1) is 47.2 Å². The van der Waals surface area contributed by atoms with Crippen molar-refractivity contribution in [1.29, 1.82) is 0 Å². The Morgan fingerprint density at radius 2 is 2.03 bits per heavy atom. The minimum Gasteiger partial charge on any atom is -0.383 e. The van der Waals surface area contributed by atoms with Gasteiger partial charge in [0.25, 0.3) is 5.91 Å². The molecular weight excluding hydrogens is 543 g/mol. The van der Waals surface area contributed by atoms with E-state index in [4.69, 9.17) is 10.5 Å². The lowest BCUT2D eigenvalue weighted by atomic mass is 10.1. The number of rotatable bonds is 6. The van der Waals surface area contributed by atoms with E-state index in [1.165, 1.54) is 29.4 Å². The SMILES string of the molecule is C[C@H](c1ncccc1F)N(Cc1ccc(N2CCOCC2)nn1)C(=O)c1cnc2nc(N)c(Br)cc2c1. The Morgan fingerprint density at radius 1 is 1.22 bits per heavy atom. The van der Waals surface area contributed by atoms with Gasteiger partial charge in [-0.2, -0.15) is 5.10 Å². The maximum Gasteiger partial charge on any atom is 0.256 e. The quantitative estimate of drug-likeness (QED) is 0.373. The number of pyridine rings is 3. The molecule has 1 fully saturated rings. The number of amides is 1. The standard InChI is InChI=1S/C25H24BrFN8O2/c1-15(22-20(27)3-2-6-29-22)35(14-18-4-5-21(33-32-18)34-7-9-37-10-8-34)25(36)17-11-16-12-19(26)23(28)31-24(16)30-13-17/h2-6,11-13,15H,7-10,14H2,1H3,(H2,28,30,31)/t15-/m1/s1. The molecule has 0 aliphatic carbocycles. The first-order chi connectivity index (χ1) is 17.9. The Hall–Kier alpha value is -3.77. The van der Waals surface area contributed by atoms with Gasteiger partial charge in [0.1, 0.15) is 11.6 Å².